The summed E-state index contributed by atoms with van der Waals surface area (Å²) in [6, 6.07) is 9.90. The van der Waals surface area contributed by atoms with Crippen LogP contribution in [0.3, 0.4) is 0 Å². The Labute approximate surface area is 83.7 Å². The maximum absolute atomic E-state index is 8.91. The van der Waals surface area contributed by atoms with Crippen molar-refractivity contribution in [3.8, 4) is 6.07 Å². The van der Waals surface area contributed by atoms with Crippen molar-refractivity contribution in [2.75, 3.05) is 24.5 Å². The summed E-state index contributed by atoms with van der Waals surface area (Å²) < 4.78 is 0. The molecule has 3 heteroatoms. The van der Waals surface area contributed by atoms with Gasteiger partial charge in [0.25, 0.3) is 0 Å². The molecule has 2 N–H and O–H groups in total. The SMILES string of the molecule is N#Cc1ccccc1N1CC(CN)C1. The molecule has 1 aliphatic heterocycles. The smallest absolute Gasteiger partial charge is 0.101 e. The van der Waals surface area contributed by atoms with Crippen molar-refractivity contribution in [2.45, 2.75) is 0 Å². The quantitative estimate of drug-likeness (QED) is 0.750. The molecule has 3 nitrogen and oxygen atoms in total. The summed E-state index contributed by atoms with van der Waals surface area (Å²) >= 11 is 0. The first-order chi connectivity index (χ1) is 6.85. The maximum Gasteiger partial charge on any atom is 0.101 e. The van der Waals surface area contributed by atoms with Gasteiger partial charge in [0.15, 0.2) is 0 Å². The first kappa shape index (κ1) is 9.04. The third-order valence-electron chi connectivity index (χ3n) is 2.66. The molecular formula is C11H13N3. The third kappa shape index (κ3) is 1.45. The van der Waals surface area contributed by atoms with Gasteiger partial charge >= 0.3 is 0 Å². The summed E-state index contributed by atoms with van der Waals surface area (Å²) in [4.78, 5) is 2.20. The lowest BCUT2D eigenvalue weighted by Gasteiger charge is -2.40. The molecule has 72 valence electrons. The van der Waals surface area contributed by atoms with Crippen molar-refractivity contribution in [1.29, 1.82) is 5.26 Å². The van der Waals surface area contributed by atoms with Crippen molar-refractivity contribution in [3.63, 3.8) is 0 Å². The highest BCUT2D eigenvalue weighted by Crippen LogP contribution is 2.26. The minimum Gasteiger partial charge on any atom is -0.370 e. The lowest BCUT2D eigenvalue weighted by molar-refractivity contribution is 0.420. The molecule has 0 aliphatic carbocycles. The van der Waals surface area contributed by atoms with E-state index < -0.39 is 0 Å². The van der Waals surface area contributed by atoms with Gasteiger partial charge in [-0.25, -0.2) is 0 Å². The van der Waals surface area contributed by atoms with Gasteiger partial charge in [-0.2, -0.15) is 5.26 Å². The second-order valence-electron chi connectivity index (χ2n) is 3.64. The fourth-order valence-corrected chi connectivity index (χ4v) is 1.76. The fourth-order valence-electron chi connectivity index (χ4n) is 1.76. The van der Waals surface area contributed by atoms with Gasteiger partial charge in [-0.05, 0) is 18.7 Å². The lowest BCUT2D eigenvalue weighted by Crippen LogP contribution is -2.50. The van der Waals surface area contributed by atoms with Gasteiger partial charge in [0, 0.05) is 19.0 Å². The zero-order valence-electron chi connectivity index (χ0n) is 7.98. The van der Waals surface area contributed by atoms with Crippen molar-refractivity contribution < 1.29 is 0 Å². The molecule has 0 spiro atoms. The van der Waals surface area contributed by atoms with Gasteiger partial charge in [-0.3, -0.25) is 0 Å². The highest BCUT2D eigenvalue weighted by Gasteiger charge is 2.26. The molecule has 0 unspecified atom stereocenters. The van der Waals surface area contributed by atoms with E-state index in [1.54, 1.807) is 0 Å². The Hall–Kier alpha value is -1.53. The van der Waals surface area contributed by atoms with E-state index in [0.29, 0.717) is 5.92 Å². The average molecular weight is 187 g/mol. The van der Waals surface area contributed by atoms with Crippen molar-refractivity contribution >= 4 is 5.69 Å². The summed E-state index contributed by atoms with van der Waals surface area (Å²) in [5.41, 5.74) is 7.35. The van der Waals surface area contributed by atoms with E-state index >= 15 is 0 Å². The van der Waals surface area contributed by atoms with Crippen LogP contribution in [0.15, 0.2) is 24.3 Å². The largest absolute Gasteiger partial charge is 0.370 e. The Bertz CT molecular complexity index is 361. The van der Waals surface area contributed by atoms with E-state index in [2.05, 4.69) is 11.0 Å². The van der Waals surface area contributed by atoms with Gasteiger partial charge in [0.05, 0.1) is 11.3 Å². The Morgan fingerprint density at radius 1 is 1.43 bits per heavy atom. The number of hydrogen-bond acceptors (Lipinski definition) is 3. The Morgan fingerprint density at radius 3 is 2.79 bits per heavy atom. The molecule has 0 bridgehead atoms. The summed E-state index contributed by atoms with van der Waals surface area (Å²) in [5.74, 6) is 0.599. The maximum atomic E-state index is 8.91. The molecule has 1 aromatic carbocycles. The van der Waals surface area contributed by atoms with Crippen molar-refractivity contribution in [2.24, 2.45) is 11.7 Å². The molecule has 1 saturated heterocycles. The summed E-state index contributed by atoms with van der Waals surface area (Å²) in [7, 11) is 0. The van der Waals surface area contributed by atoms with Crippen LogP contribution in [0.2, 0.25) is 0 Å². The molecule has 1 fully saturated rings. The van der Waals surface area contributed by atoms with Gasteiger partial charge < -0.3 is 10.6 Å². The standard InChI is InChI=1S/C11H13N3/c12-5-9-7-14(8-9)11-4-2-1-3-10(11)6-13/h1-4,9H,5,7-8,12H2. The molecule has 1 heterocycles. The van der Waals surface area contributed by atoms with Crippen LogP contribution < -0.4 is 10.6 Å². The number of rotatable bonds is 2. The molecule has 14 heavy (non-hydrogen) atoms. The van der Waals surface area contributed by atoms with E-state index in [9.17, 15) is 0 Å². The number of nitrogens with zero attached hydrogens (tertiary/aromatic N) is 2. The predicted octanol–water partition coefficient (Wildman–Crippen LogP) is 0.953. The van der Waals surface area contributed by atoms with E-state index in [1.165, 1.54) is 0 Å². The van der Waals surface area contributed by atoms with E-state index in [-0.39, 0.29) is 0 Å². The second kappa shape index (κ2) is 3.69. The predicted molar refractivity (Wildman–Crippen MR) is 55.9 cm³/mol. The molecule has 0 radical (unpaired) electrons. The highest BCUT2D eigenvalue weighted by atomic mass is 15.2. The summed E-state index contributed by atoms with van der Waals surface area (Å²) in [5, 5.41) is 8.91. The first-order valence-corrected chi connectivity index (χ1v) is 4.79. The first-order valence-electron chi connectivity index (χ1n) is 4.79. The summed E-state index contributed by atoms with van der Waals surface area (Å²) in [6.45, 7) is 2.70. The molecule has 0 atom stereocenters. The van der Waals surface area contributed by atoms with Crippen LogP contribution in [-0.4, -0.2) is 19.6 Å². The Morgan fingerprint density at radius 2 is 2.14 bits per heavy atom. The number of benzene rings is 1. The van der Waals surface area contributed by atoms with Crippen molar-refractivity contribution in [3.05, 3.63) is 29.8 Å². The lowest BCUT2D eigenvalue weighted by atomic mass is 9.98. The van der Waals surface area contributed by atoms with Crippen molar-refractivity contribution in [1.82, 2.24) is 0 Å². The number of nitriles is 1. The molecular weight excluding hydrogens is 174 g/mol. The second-order valence-corrected chi connectivity index (χ2v) is 3.64. The Kier molecular flexibility index (Phi) is 2.38. The average Bonchev–Trinajstić information content (AvgIpc) is 2.17. The molecule has 1 aromatic rings. The number of para-hydroxylation sites is 1. The van der Waals surface area contributed by atoms with E-state index in [4.69, 9.17) is 11.0 Å². The van der Waals surface area contributed by atoms with Crippen LogP contribution in [-0.2, 0) is 0 Å². The van der Waals surface area contributed by atoms with Crippen LogP contribution in [0.25, 0.3) is 0 Å². The molecule has 2 rings (SSSR count). The number of hydrogen-bond donors (Lipinski definition) is 1. The van der Waals surface area contributed by atoms with Gasteiger partial charge in [-0.15, -0.1) is 0 Å². The van der Waals surface area contributed by atoms with Crippen LogP contribution in [0.4, 0.5) is 5.69 Å². The number of nitrogens with two attached hydrogens (primary N) is 1. The van der Waals surface area contributed by atoms with Gasteiger partial charge in [0.2, 0.25) is 0 Å². The molecule has 0 amide bonds. The van der Waals surface area contributed by atoms with Gasteiger partial charge in [-0.1, -0.05) is 12.1 Å². The van der Waals surface area contributed by atoms with E-state index in [0.717, 1.165) is 30.9 Å². The third-order valence-corrected chi connectivity index (χ3v) is 2.66. The van der Waals surface area contributed by atoms with Gasteiger partial charge in [0.1, 0.15) is 6.07 Å². The monoisotopic (exact) mass is 187 g/mol. The fraction of sp³-hybridized carbons (Fsp3) is 0.364. The Balaban J connectivity index is 2.15. The van der Waals surface area contributed by atoms with Crippen LogP contribution in [0.1, 0.15) is 5.56 Å². The topological polar surface area (TPSA) is 53.0 Å². The zero-order valence-corrected chi connectivity index (χ0v) is 7.98. The molecule has 1 aliphatic rings. The molecule has 0 aromatic heterocycles. The summed E-state index contributed by atoms with van der Waals surface area (Å²) in [6.07, 6.45) is 0. The van der Waals surface area contributed by atoms with Crippen LogP contribution in [0, 0.1) is 17.2 Å². The van der Waals surface area contributed by atoms with E-state index in [1.807, 2.05) is 24.3 Å². The zero-order chi connectivity index (χ0) is 9.97. The molecule has 0 saturated carbocycles. The number of anilines is 1. The minimum atomic E-state index is 0.599. The normalized spacial score (nSPS) is 16.1. The minimum absolute atomic E-state index is 0.599. The van der Waals surface area contributed by atoms with Crippen LogP contribution >= 0.6 is 0 Å². The van der Waals surface area contributed by atoms with Crippen LogP contribution in [0.5, 0.6) is 0 Å². The highest BCUT2D eigenvalue weighted by molar-refractivity contribution is 5.60.